The maximum Gasteiger partial charge on any atom is 0.261 e. The van der Waals surface area contributed by atoms with Crippen molar-refractivity contribution < 1.29 is 9.59 Å². The fourth-order valence-corrected chi connectivity index (χ4v) is 3.71. The minimum Gasteiger partial charge on any atom is -0.383 e. The van der Waals surface area contributed by atoms with E-state index in [1.54, 1.807) is 0 Å². The van der Waals surface area contributed by atoms with E-state index in [-0.39, 0.29) is 11.8 Å². The van der Waals surface area contributed by atoms with Crippen LogP contribution in [0.5, 0.6) is 0 Å². The van der Waals surface area contributed by atoms with Gasteiger partial charge in [0.25, 0.3) is 11.8 Å². The van der Waals surface area contributed by atoms with Crippen molar-refractivity contribution in [2.24, 2.45) is 0 Å². The Morgan fingerprint density at radius 1 is 0.963 bits per heavy atom. The lowest BCUT2D eigenvalue weighted by molar-refractivity contribution is 0.0608. The predicted molar refractivity (Wildman–Crippen MR) is 111 cm³/mol. The second kappa shape index (κ2) is 8.53. The van der Waals surface area contributed by atoms with Gasteiger partial charge in [0, 0.05) is 47.2 Å². The fraction of sp³-hybridized carbons (Fsp3) is 0.455. The van der Waals surface area contributed by atoms with Crippen LogP contribution in [0.2, 0.25) is 0 Å². The maximum atomic E-state index is 12.9. The van der Waals surface area contributed by atoms with Crippen molar-refractivity contribution in [3.8, 4) is 0 Å². The van der Waals surface area contributed by atoms with Gasteiger partial charge in [0.05, 0.1) is 0 Å². The third-order valence-electron chi connectivity index (χ3n) is 5.36. The molecule has 1 aliphatic heterocycles. The molecule has 0 radical (unpaired) electrons. The van der Waals surface area contributed by atoms with Crippen LogP contribution in [0.1, 0.15) is 54.3 Å². The van der Waals surface area contributed by atoms with Crippen LogP contribution in [0.25, 0.3) is 10.8 Å². The van der Waals surface area contributed by atoms with Gasteiger partial charge in [-0.3, -0.25) is 14.5 Å². The predicted octanol–water partition coefficient (Wildman–Crippen LogP) is 3.99. The van der Waals surface area contributed by atoms with Gasteiger partial charge in [0.2, 0.25) is 0 Å². The number of likely N-dealkylation sites (N-methyl/N-ethyl adjacent to an activating group) is 1. The van der Waals surface area contributed by atoms with Gasteiger partial charge >= 0.3 is 0 Å². The first-order valence-corrected chi connectivity index (χ1v) is 10.00. The number of rotatable bonds is 9. The largest absolute Gasteiger partial charge is 0.383 e. The number of benzene rings is 2. The summed E-state index contributed by atoms with van der Waals surface area (Å²) in [6, 6.07) is 9.56. The molecule has 2 amide bonds. The molecule has 0 spiro atoms. The van der Waals surface area contributed by atoms with Crippen molar-refractivity contribution in [2.75, 3.05) is 38.0 Å². The monoisotopic (exact) mass is 367 g/mol. The van der Waals surface area contributed by atoms with Crippen molar-refractivity contribution >= 4 is 28.3 Å². The summed E-state index contributed by atoms with van der Waals surface area (Å²) in [7, 11) is 0. The van der Waals surface area contributed by atoms with Crippen molar-refractivity contribution in [2.45, 2.75) is 33.6 Å². The van der Waals surface area contributed by atoms with Crippen molar-refractivity contribution in [3.63, 3.8) is 0 Å². The van der Waals surface area contributed by atoms with Gasteiger partial charge in [-0.25, -0.2) is 0 Å². The zero-order valence-corrected chi connectivity index (χ0v) is 16.5. The molecule has 27 heavy (non-hydrogen) atoms. The number of nitrogens with one attached hydrogen (secondary N) is 1. The minimum absolute atomic E-state index is 0.174. The topological polar surface area (TPSA) is 52.7 Å². The van der Waals surface area contributed by atoms with E-state index in [9.17, 15) is 9.59 Å². The summed E-state index contributed by atoms with van der Waals surface area (Å²) >= 11 is 0. The van der Waals surface area contributed by atoms with E-state index in [1.807, 2.05) is 30.3 Å². The van der Waals surface area contributed by atoms with Crippen molar-refractivity contribution in [1.82, 2.24) is 9.80 Å². The van der Waals surface area contributed by atoms with Crippen LogP contribution < -0.4 is 5.32 Å². The normalized spacial score (nSPS) is 13.7. The molecule has 0 unspecified atom stereocenters. The van der Waals surface area contributed by atoms with Crippen LogP contribution in [0.3, 0.4) is 0 Å². The maximum absolute atomic E-state index is 12.9. The smallest absolute Gasteiger partial charge is 0.261 e. The molecule has 144 valence electrons. The molecule has 0 aromatic heterocycles. The molecule has 1 aliphatic rings. The molecule has 3 rings (SSSR count). The Morgan fingerprint density at radius 3 is 2.33 bits per heavy atom. The van der Waals surface area contributed by atoms with Gasteiger partial charge < -0.3 is 10.2 Å². The Balaban J connectivity index is 1.92. The number of anilines is 1. The number of imide groups is 1. The van der Waals surface area contributed by atoms with E-state index in [1.165, 1.54) is 4.90 Å². The molecule has 5 nitrogen and oxygen atoms in total. The van der Waals surface area contributed by atoms with Gasteiger partial charge in [-0.15, -0.1) is 0 Å². The molecule has 0 bridgehead atoms. The second-order valence-corrected chi connectivity index (χ2v) is 6.96. The number of carbonyl (C=O) groups excluding carboxylic acids is 2. The van der Waals surface area contributed by atoms with Crippen molar-refractivity contribution in [1.29, 1.82) is 0 Å². The Morgan fingerprint density at radius 2 is 1.67 bits per heavy atom. The summed E-state index contributed by atoms with van der Waals surface area (Å²) in [5.41, 5.74) is 2.24. The Labute approximate surface area is 161 Å². The van der Waals surface area contributed by atoms with E-state index in [0.29, 0.717) is 17.7 Å². The number of hydrogen-bond acceptors (Lipinski definition) is 4. The Bertz CT molecular complexity index is 821. The standard InChI is InChI=1S/C22H29N3O2/c1-4-7-14-25-21(26)17-10-8-9-16-19(23-13-15-24(5-2)6-3)12-11-18(20(16)17)22(25)27/h8-12,23H,4-7,13-15H2,1-3H3. The highest BCUT2D eigenvalue weighted by molar-refractivity contribution is 6.26. The lowest BCUT2D eigenvalue weighted by Crippen LogP contribution is -2.40. The summed E-state index contributed by atoms with van der Waals surface area (Å²) in [5, 5.41) is 5.22. The molecule has 0 saturated heterocycles. The molecule has 0 saturated carbocycles. The van der Waals surface area contributed by atoms with E-state index in [4.69, 9.17) is 0 Å². The van der Waals surface area contributed by atoms with Crippen LogP contribution in [0, 0.1) is 0 Å². The molecular formula is C22H29N3O2. The number of hydrogen-bond donors (Lipinski definition) is 1. The quantitative estimate of drug-likeness (QED) is 0.681. The van der Waals surface area contributed by atoms with Crippen LogP contribution in [0.15, 0.2) is 30.3 Å². The number of carbonyl (C=O) groups is 2. The van der Waals surface area contributed by atoms with Crippen LogP contribution in [0.4, 0.5) is 5.69 Å². The first-order valence-electron chi connectivity index (χ1n) is 10.00. The molecule has 2 aromatic carbocycles. The van der Waals surface area contributed by atoms with Gasteiger partial charge in [-0.1, -0.05) is 39.3 Å². The molecule has 0 aliphatic carbocycles. The van der Waals surface area contributed by atoms with E-state index in [0.717, 1.165) is 55.5 Å². The van der Waals surface area contributed by atoms with Crippen LogP contribution >= 0.6 is 0 Å². The minimum atomic E-state index is -0.174. The first kappa shape index (κ1) is 19.4. The molecule has 1 N–H and O–H groups in total. The van der Waals surface area contributed by atoms with E-state index < -0.39 is 0 Å². The molecule has 2 aromatic rings. The SMILES string of the molecule is CCCCN1C(=O)c2cccc3c(NCCN(CC)CC)ccc(c23)C1=O. The highest BCUT2D eigenvalue weighted by Gasteiger charge is 2.32. The first-order chi connectivity index (χ1) is 13.1. The number of amides is 2. The van der Waals surface area contributed by atoms with Gasteiger partial charge in [-0.05, 0) is 37.7 Å². The second-order valence-electron chi connectivity index (χ2n) is 6.96. The highest BCUT2D eigenvalue weighted by atomic mass is 16.2. The summed E-state index contributed by atoms with van der Waals surface area (Å²) in [5.74, 6) is -0.348. The Hall–Kier alpha value is -2.40. The Kier molecular flexibility index (Phi) is 6.11. The van der Waals surface area contributed by atoms with Gasteiger partial charge in [0.15, 0.2) is 0 Å². The highest BCUT2D eigenvalue weighted by Crippen LogP contribution is 2.34. The fourth-order valence-electron chi connectivity index (χ4n) is 3.71. The lowest BCUT2D eigenvalue weighted by Gasteiger charge is -2.28. The summed E-state index contributed by atoms with van der Waals surface area (Å²) < 4.78 is 0. The number of unbranched alkanes of at least 4 members (excludes halogenated alkanes) is 1. The number of nitrogens with zero attached hydrogens (tertiary/aromatic N) is 2. The van der Waals surface area contributed by atoms with E-state index in [2.05, 4.69) is 31.0 Å². The lowest BCUT2D eigenvalue weighted by atomic mass is 9.93. The van der Waals surface area contributed by atoms with E-state index >= 15 is 0 Å². The molecule has 5 heteroatoms. The molecule has 0 fully saturated rings. The third kappa shape index (κ3) is 3.69. The molecular weight excluding hydrogens is 338 g/mol. The van der Waals surface area contributed by atoms with Crippen LogP contribution in [-0.2, 0) is 0 Å². The zero-order valence-electron chi connectivity index (χ0n) is 16.5. The van der Waals surface area contributed by atoms with Crippen LogP contribution in [-0.4, -0.2) is 54.3 Å². The molecule has 0 atom stereocenters. The van der Waals surface area contributed by atoms with Gasteiger partial charge in [-0.2, -0.15) is 0 Å². The summed E-state index contributed by atoms with van der Waals surface area (Å²) in [4.78, 5) is 29.5. The average molecular weight is 367 g/mol. The zero-order chi connectivity index (χ0) is 19.4. The third-order valence-corrected chi connectivity index (χ3v) is 5.36. The van der Waals surface area contributed by atoms with Gasteiger partial charge in [0.1, 0.15) is 0 Å². The summed E-state index contributed by atoms with van der Waals surface area (Å²) in [6.45, 7) is 10.7. The summed E-state index contributed by atoms with van der Waals surface area (Å²) in [6.07, 6.45) is 1.78. The molecule has 1 heterocycles. The average Bonchev–Trinajstić information content (AvgIpc) is 2.69. The van der Waals surface area contributed by atoms with Crippen molar-refractivity contribution in [3.05, 3.63) is 41.5 Å².